The van der Waals surface area contributed by atoms with Crippen molar-refractivity contribution < 1.29 is 15.3 Å². The lowest BCUT2D eigenvalue weighted by Crippen LogP contribution is -2.17. The minimum absolute atomic E-state index is 0.123. The molecular weight excluding hydrogens is 196 g/mol. The third-order valence-corrected chi connectivity index (χ3v) is 2.04. The summed E-state index contributed by atoms with van der Waals surface area (Å²) < 4.78 is 0. The Morgan fingerprint density at radius 2 is 2.07 bits per heavy atom. The number of nitrogen functional groups attached to an aromatic ring is 1. The quantitative estimate of drug-likeness (QED) is 0.421. The number of hydrogen-bond donors (Lipinski definition) is 4. The first-order valence-corrected chi connectivity index (χ1v) is 4.37. The lowest BCUT2D eigenvalue weighted by molar-refractivity contribution is 0.0203. The molecule has 5 nitrogen and oxygen atoms in total. The minimum atomic E-state index is -1.31. The maximum atomic E-state index is 9.61. The maximum absolute atomic E-state index is 9.61. The fourth-order valence-corrected chi connectivity index (χ4v) is 1.22. The van der Waals surface area contributed by atoms with Crippen molar-refractivity contribution in [3.63, 3.8) is 0 Å². The zero-order chi connectivity index (χ0) is 11.4. The lowest BCUT2D eigenvalue weighted by Gasteiger charge is -2.17. The first-order valence-electron chi connectivity index (χ1n) is 4.37. The van der Waals surface area contributed by atoms with Crippen LogP contribution in [-0.2, 0) is 0 Å². The Morgan fingerprint density at radius 3 is 2.67 bits per heavy atom. The number of hydrogen-bond acceptors (Lipinski definition) is 5. The van der Waals surface area contributed by atoms with Crippen LogP contribution in [0.25, 0.3) is 0 Å². The first kappa shape index (κ1) is 11.3. The van der Waals surface area contributed by atoms with Crippen molar-refractivity contribution in [3.05, 3.63) is 23.8 Å². The van der Waals surface area contributed by atoms with Crippen LogP contribution in [0.1, 0.15) is 18.1 Å². The standard InChI is InChI=1S/C10H12N2O3/c11-4-3-9(14)10(15)7-5-6(12)1-2-8(7)13/h1-2,5,9-10,13-15H,3,12H2. The van der Waals surface area contributed by atoms with Crippen molar-refractivity contribution in [2.45, 2.75) is 18.6 Å². The van der Waals surface area contributed by atoms with Gasteiger partial charge in [-0.1, -0.05) is 0 Å². The molecule has 15 heavy (non-hydrogen) atoms. The Bertz CT molecular complexity index is 387. The number of nitrogens with zero attached hydrogens (tertiary/aromatic N) is 1. The Balaban J connectivity index is 2.95. The fraction of sp³-hybridized carbons (Fsp3) is 0.300. The maximum Gasteiger partial charge on any atom is 0.121 e. The van der Waals surface area contributed by atoms with Crippen molar-refractivity contribution in [2.75, 3.05) is 5.73 Å². The number of benzene rings is 1. The molecule has 5 heteroatoms. The van der Waals surface area contributed by atoms with E-state index in [4.69, 9.17) is 11.0 Å². The van der Waals surface area contributed by atoms with E-state index in [2.05, 4.69) is 0 Å². The molecule has 0 bridgehead atoms. The van der Waals surface area contributed by atoms with Gasteiger partial charge in [-0.2, -0.15) is 5.26 Å². The number of anilines is 1. The first-order chi connectivity index (χ1) is 7.06. The zero-order valence-electron chi connectivity index (χ0n) is 7.96. The molecule has 80 valence electrons. The molecule has 0 saturated heterocycles. The van der Waals surface area contributed by atoms with Gasteiger partial charge in [0.25, 0.3) is 0 Å². The van der Waals surface area contributed by atoms with Crippen molar-refractivity contribution in [1.82, 2.24) is 0 Å². The molecular formula is C10H12N2O3. The van der Waals surface area contributed by atoms with E-state index in [1.165, 1.54) is 18.2 Å². The fourth-order valence-electron chi connectivity index (χ4n) is 1.22. The van der Waals surface area contributed by atoms with Gasteiger partial charge in [-0.25, -0.2) is 0 Å². The van der Waals surface area contributed by atoms with Gasteiger partial charge in [-0.15, -0.1) is 0 Å². The number of aliphatic hydroxyl groups is 2. The van der Waals surface area contributed by atoms with Gasteiger partial charge in [0.1, 0.15) is 11.9 Å². The topological polar surface area (TPSA) is 110 Å². The second-order valence-electron chi connectivity index (χ2n) is 3.19. The van der Waals surface area contributed by atoms with Crippen LogP contribution in [0.2, 0.25) is 0 Å². The van der Waals surface area contributed by atoms with Gasteiger partial charge in [-0.3, -0.25) is 0 Å². The summed E-state index contributed by atoms with van der Waals surface area (Å²) >= 11 is 0. The van der Waals surface area contributed by atoms with Gasteiger partial charge < -0.3 is 21.1 Å². The van der Waals surface area contributed by atoms with Crippen LogP contribution in [0.5, 0.6) is 5.75 Å². The summed E-state index contributed by atoms with van der Waals surface area (Å²) in [7, 11) is 0. The van der Waals surface area contributed by atoms with E-state index >= 15 is 0 Å². The molecule has 0 spiro atoms. The van der Waals surface area contributed by atoms with Crippen LogP contribution in [0.15, 0.2) is 18.2 Å². The molecule has 1 aromatic carbocycles. The van der Waals surface area contributed by atoms with Gasteiger partial charge in [0.2, 0.25) is 0 Å². The van der Waals surface area contributed by atoms with Crippen LogP contribution in [0.3, 0.4) is 0 Å². The molecule has 1 aromatic rings. The number of phenols is 1. The van der Waals surface area contributed by atoms with E-state index in [0.717, 1.165) is 0 Å². The molecule has 0 aliphatic rings. The molecule has 0 saturated carbocycles. The normalized spacial score (nSPS) is 14.2. The summed E-state index contributed by atoms with van der Waals surface area (Å²) in [6.07, 6.45) is -2.76. The van der Waals surface area contributed by atoms with Crippen LogP contribution < -0.4 is 5.73 Å². The van der Waals surface area contributed by atoms with E-state index in [1.807, 2.05) is 0 Å². The second kappa shape index (κ2) is 4.64. The van der Waals surface area contributed by atoms with E-state index in [1.54, 1.807) is 6.07 Å². The van der Waals surface area contributed by atoms with Gasteiger partial charge in [-0.05, 0) is 18.2 Å². The van der Waals surface area contributed by atoms with Crippen molar-refractivity contribution in [3.8, 4) is 11.8 Å². The minimum Gasteiger partial charge on any atom is -0.508 e. The largest absolute Gasteiger partial charge is 0.508 e. The highest BCUT2D eigenvalue weighted by Crippen LogP contribution is 2.29. The summed E-state index contributed by atoms with van der Waals surface area (Å²) in [6.45, 7) is 0. The van der Waals surface area contributed by atoms with Gasteiger partial charge in [0.15, 0.2) is 0 Å². The van der Waals surface area contributed by atoms with Gasteiger partial charge in [0, 0.05) is 11.3 Å². The third kappa shape index (κ3) is 2.59. The van der Waals surface area contributed by atoms with E-state index in [9.17, 15) is 15.3 Å². The van der Waals surface area contributed by atoms with Crippen LogP contribution in [0, 0.1) is 11.3 Å². The molecule has 0 heterocycles. The van der Waals surface area contributed by atoms with Crippen molar-refractivity contribution in [2.24, 2.45) is 0 Å². The smallest absolute Gasteiger partial charge is 0.121 e. The average molecular weight is 208 g/mol. The number of nitriles is 1. The summed E-state index contributed by atoms with van der Waals surface area (Å²) in [5.41, 5.74) is 5.96. The molecule has 2 atom stereocenters. The molecule has 0 radical (unpaired) electrons. The molecule has 0 aromatic heterocycles. The molecule has 5 N–H and O–H groups in total. The molecule has 0 fully saturated rings. The predicted molar refractivity (Wildman–Crippen MR) is 53.7 cm³/mol. The lowest BCUT2D eigenvalue weighted by atomic mass is 10.0. The Kier molecular flexibility index (Phi) is 3.50. The zero-order valence-corrected chi connectivity index (χ0v) is 7.96. The molecule has 0 amide bonds. The van der Waals surface area contributed by atoms with Crippen LogP contribution in [0.4, 0.5) is 5.69 Å². The van der Waals surface area contributed by atoms with Crippen LogP contribution in [-0.4, -0.2) is 21.4 Å². The highest BCUT2D eigenvalue weighted by Gasteiger charge is 2.21. The predicted octanol–water partition coefficient (Wildman–Crippen LogP) is 0.282. The number of aliphatic hydroxyl groups excluding tert-OH is 2. The number of nitrogens with two attached hydrogens (primary N) is 1. The second-order valence-corrected chi connectivity index (χ2v) is 3.19. The molecule has 0 aliphatic carbocycles. The average Bonchev–Trinajstić information content (AvgIpc) is 2.21. The Morgan fingerprint density at radius 1 is 1.40 bits per heavy atom. The number of phenolic OH excluding ortho intramolecular Hbond substituents is 1. The summed E-state index contributed by atoms with van der Waals surface area (Å²) in [4.78, 5) is 0. The Hall–Kier alpha value is -1.77. The Labute approximate surface area is 87.0 Å². The monoisotopic (exact) mass is 208 g/mol. The van der Waals surface area contributed by atoms with Crippen molar-refractivity contribution in [1.29, 1.82) is 5.26 Å². The van der Waals surface area contributed by atoms with E-state index in [-0.39, 0.29) is 17.7 Å². The summed E-state index contributed by atoms with van der Waals surface area (Å²) in [5, 5.41) is 36.7. The van der Waals surface area contributed by atoms with E-state index in [0.29, 0.717) is 5.69 Å². The molecule has 0 aliphatic heterocycles. The van der Waals surface area contributed by atoms with Gasteiger partial charge in [0.05, 0.1) is 18.6 Å². The number of aromatic hydroxyl groups is 1. The molecule has 1 rings (SSSR count). The highest BCUT2D eigenvalue weighted by molar-refractivity contribution is 5.48. The number of rotatable bonds is 3. The van der Waals surface area contributed by atoms with Crippen LogP contribution >= 0.6 is 0 Å². The highest BCUT2D eigenvalue weighted by atomic mass is 16.3. The summed E-state index contributed by atoms with van der Waals surface area (Å²) in [5.74, 6) is -0.159. The molecule has 2 unspecified atom stereocenters. The van der Waals surface area contributed by atoms with Crippen molar-refractivity contribution >= 4 is 5.69 Å². The summed E-state index contributed by atoms with van der Waals surface area (Å²) in [6, 6.07) is 5.89. The van der Waals surface area contributed by atoms with E-state index < -0.39 is 12.2 Å². The third-order valence-electron chi connectivity index (χ3n) is 2.04. The SMILES string of the molecule is N#CCC(O)C(O)c1cc(N)ccc1O. The van der Waals surface area contributed by atoms with Gasteiger partial charge >= 0.3 is 0 Å².